The second-order valence-electron chi connectivity index (χ2n) is 6.46. The van der Waals surface area contributed by atoms with Gasteiger partial charge < -0.3 is 0 Å². The average Bonchev–Trinajstić information content (AvgIpc) is 2.61. The zero-order chi connectivity index (χ0) is 16.5. The molecular weight excluding hydrogens is 282 g/mol. The van der Waals surface area contributed by atoms with Crippen molar-refractivity contribution < 1.29 is 9.28 Å². The first-order valence-corrected chi connectivity index (χ1v) is 8.62. The molecule has 1 atom stereocenters. The van der Waals surface area contributed by atoms with E-state index in [4.69, 9.17) is 0 Å². The van der Waals surface area contributed by atoms with Gasteiger partial charge in [-0.1, -0.05) is 80.4 Å². The van der Waals surface area contributed by atoms with Gasteiger partial charge in [-0.2, -0.15) is 0 Å². The molecular formula is C21H28NO+. The summed E-state index contributed by atoms with van der Waals surface area (Å²) in [6.45, 7) is 3.09. The predicted molar refractivity (Wildman–Crippen MR) is 96.0 cm³/mol. The molecule has 122 valence electrons. The Balaban J connectivity index is 2.33. The molecule has 0 saturated heterocycles. The van der Waals surface area contributed by atoms with Crippen LogP contribution in [0.4, 0.5) is 0 Å². The number of nitrogens with zero attached hydrogens (tertiary/aromatic N) is 1. The van der Waals surface area contributed by atoms with E-state index in [2.05, 4.69) is 62.5 Å². The number of rotatable bonds is 9. The quantitative estimate of drug-likeness (QED) is 0.363. The van der Waals surface area contributed by atoms with Crippen molar-refractivity contribution in [3.8, 4) is 0 Å². The molecule has 2 aromatic rings. The van der Waals surface area contributed by atoms with E-state index >= 15 is 0 Å². The van der Waals surface area contributed by atoms with Gasteiger partial charge in [0.15, 0.2) is 0 Å². The van der Waals surface area contributed by atoms with Crippen LogP contribution < -0.4 is 0 Å². The molecule has 2 rings (SSSR count). The van der Waals surface area contributed by atoms with Crippen LogP contribution in [0.15, 0.2) is 60.7 Å². The Bertz CT molecular complexity index is 542. The molecule has 0 radical (unpaired) electrons. The van der Waals surface area contributed by atoms with E-state index < -0.39 is 0 Å². The average molecular weight is 310 g/mol. The highest BCUT2D eigenvalue weighted by atomic mass is 16.1. The third-order valence-corrected chi connectivity index (χ3v) is 4.55. The largest absolute Gasteiger partial charge is 0.302 e. The molecule has 0 bridgehead atoms. The maximum Gasteiger partial charge on any atom is 0.302 e. The van der Waals surface area contributed by atoms with Gasteiger partial charge >= 0.3 is 6.41 Å². The van der Waals surface area contributed by atoms with Crippen LogP contribution in [0.1, 0.15) is 49.8 Å². The molecule has 2 aromatic carbocycles. The molecule has 1 unspecified atom stereocenters. The molecule has 23 heavy (non-hydrogen) atoms. The van der Waals surface area contributed by atoms with Crippen molar-refractivity contribution in [2.45, 2.75) is 38.6 Å². The molecule has 1 amide bonds. The Hall–Kier alpha value is -1.93. The van der Waals surface area contributed by atoms with Crippen molar-refractivity contribution >= 4 is 6.41 Å². The molecule has 2 heteroatoms. The summed E-state index contributed by atoms with van der Waals surface area (Å²) in [6, 6.07) is 20.8. The van der Waals surface area contributed by atoms with Gasteiger partial charge in [-0.15, -0.1) is 0 Å². The fraction of sp³-hybridized carbons (Fsp3) is 0.381. The topological polar surface area (TPSA) is 17.1 Å². The van der Waals surface area contributed by atoms with Crippen LogP contribution in [-0.4, -0.2) is 24.5 Å². The van der Waals surface area contributed by atoms with E-state index in [0.29, 0.717) is 4.48 Å². The number of quaternary nitrogens is 1. The summed E-state index contributed by atoms with van der Waals surface area (Å²) >= 11 is 0. The lowest BCUT2D eigenvalue weighted by Gasteiger charge is -2.36. The molecule has 0 aliphatic carbocycles. The first-order valence-electron chi connectivity index (χ1n) is 8.62. The van der Waals surface area contributed by atoms with Gasteiger partial charge in [0.2, 0.25) is 0 Å². The van der Waals surface area contributed by atoms with Crippen LogP contribution in [0.3, 0.4) is 0 Å². The van der Waals surface area contributed by atoms with Gasteiger partial charge in [0.25, 0.3) is 0 Å². The van der Waals surface area contributed by atoms with E-state index in [1.54, 1.807) is 0 Å². The van der Waals surface area contributed by atoms with E-state index in [1.165, 1.54) is 30.4 Å². The van der Waals surface area contributed by atoms with Crippen molar-refractivity contribution in [2.75, 3.05) is 13.6 Å². The van der Waals surface area contributed by atoms with E-state index in [0.717, 1.165) is 19.4 Å². The summed E-state index contributed by atoms with van der Waals surface area (Å²) in [5, 5.41) is 0. The Morgan fingerprint density at radius 2 is 1.39 bits per heavy atom. The van der Waals surface area contributed by atoms with Crippen molar-refractivity contribution in [3.63, 3.8) is 0 Å². The van der Waals surface area contributed by atoms with Gasteiger partial charge in [-0.05, 0) is 12.8 Å². The molecule has 0 spiro atoms. The molecule has 0 fully saturated rings. The second-order valence-corrected chi connectivity index (χ2v) is 6.46. The summed E-state index contributed by atoms with van der Waals surface area (Å²) in [7, 11) is 2.06. The highest BCUT2D eigenvalue weighted by molar-refractivity contribution is 5.41. The standard InChI is InChI=1S/C21H28NO/c1-3-4-5-12-17-22(2,18-23)21(19-13-8-6-9-14-19)20-15-10-7-11-16-20/h6-11,13-16,18,21H,3-5,12,17H2,1-2H3/q+1. The van der Waals surface area contributed by atoms with Crippen molar-refractivity contribution in [1.29, 1.82) is 0 Å². The normalized spacial score (nSPS) is 13.7. The van der Waals surface area contributed by atoms with Crippen LogP contribution in [0.5, 0.6) is 0 Å². The minimum atomic E-state index is 0.0523. The molecule has 0 heterocycles. The third kappa shape index (κ3) is 4.52. The fourth-order valence-corrected chi connectivity index (χ4v) is 3.27. The molecule has 0 aromatic heterocycles. The van der Waals surface area contributed by atoms with E-state index in [1.807, 2.05) is 12.1 Å². The van der Waals surface area contributed by atoms with Crippen molar-refractivity contribution in [2.24, 2.45) is 0 Å². The molecule has 0 saturated carbocycles. The first kappa shape index (κ1) is 17.4. The third-order valence-electron chi connectivity index (χ3n) is 4.55. The number of amides is 1. The predicted octanol–water partition coefficient (Wildman–Crippen LogP) is 4.96. The van der Waals surface area contributed by atoms with E-state index in [-0.39, 0.29) is 6.04 Å². The van der Waals surface area contributed by atoms with E-state index in [9.17, 15) is 4.79 Å². The van der Waals surface area contributed by atoms with Crippen LogP contribution in [0.25, 0.3) is 0 Å². The lowest BCUT2D eigenvalue weighted by Crippen LogP contribution is -2.47. The lowest BCUT2D eigenvalue weighted by atomic mass is 9.95. The number of unbranched alkanes of at least 4 members (excludes halogenated alkanes) is 3. The minimum absolute atomic E-state index is 0.0523. The Morgan fingerprint density at radius 1 is 0.870 bits per heavy atom. The number of hydrogen-bond donors (Lipinski definition) is 0. The molecule has 2 nitrogen and oxygen atoms in total. The first-order chi connectivity index (χ1) is 11.2. The summed E-state index contributed by atoms with van der Waals surface area (Å²) in [6.07, 6.45) is 5.84. The number of carbonyl (C=O) groups is 1. The molecule has 0 aliphatic rings. The monoisotopic (exact) mass is 310 g/mol. The SMILES string of the molecule is CCCCCC[N+](C)(C=O)C(c1ccccc1)c1ccccc1. The summed E-state index contributed by atoms with van der Waals surface area (Å²) in [5.74, 6) is 0. The van der Waals surface area contributed by atoms with Crippen LogP contribution in [-0.2, 0) is 4.79 Å². The summed E-state index contributed by atoms with van der Waals surface area (Å²) in [4.78, 5) is 12.1. The highest BCUT2D eigenvalue weighted by Gasteiger charge is 2.34. The van der Waals surface area contributed by atoms with Crippen LogP contribution in [0, 0.1) is 0 Å². The highest BCUT2D eigenvalue weighted by Crippen LogP contribution is 2.32. The zero-order valence-electron chi connectivity index (χ0n) is 14.3. The Kier molecular flexibility index (Phi) is 6.54. The molecule has 0 aliphatic heterocycles. The number of carbonyl (C=O) groups excluding carboxylic acids is 1. The van der Waals surface area contributed by atoms with Gasteiger partial charge in [-0.25, -0.2) is 4.79 Å². The zero-order valence-corrected chi connectivity index (χ0v) is 14.3. The number of hydrogen-bond acceptors (Lipinski definition) is 1. The number of benzene rings is 2. The lowest BCUT2D eigenvalue weighted by molar-refractivity contribution is -0.851. The fourth-order valence-electron chi connectivity index (χ4n) is 3.27. The van der Waals surface area contributed by atoms with Gasteiger partial charge in [0.05, 0.1) is 13.6 Å². The van der Waals surface area contributed by atoms with Crippen LogP contribution in [0.2, 0.25) is 0 Å². The van der Waals surface area contributed by atoms with Gasteiger partial charge in [0.1, 0.15) is 6.04 Å². The van der Waals surface area contributed by atoms with Crippen molar-refractivity contribution in [1.82, 2.24) is 0 Å². The Labute approximate surface area is 140 Å². The minimum Gasteiger partial charge on any atom is -0.256 e. The van der Waals surface area contributed by atoms with Gasteiger partial charge in [0, 0.05) is 11.1 Å². The maximum absolute atomic E-state index is 12.1. The Morgan fingerprint density at radius 3 is 1.83 bits per heavy atom. The smallest absolute Gasteiger partial charge is 0.256 e. The van der Waals surface area contributed by atoms with Gasteiger partial charge in [-0.3, -0.25) is 4.48 Å². The van der Waals surface area contributed by atoms with Crippen LogP contribution >= 0.6 is 0 Å². The summed E-state index contributed by atoms with van der Waals surface area (Å²) < 4.78 is 0.401. The maximum atomic E-state index is 12.1. The summed E-state index contributed by atoms with van der Waals surface area (Å²) in [5.41, 5.74) is 2.40. The second kappa shape index (κ2) is 8.64. The van der Waals surface area contributed by atoms with Crippen molar-refractivity contribution in [3.05, 3.63) is 71.8 Å². The molecule has 0 N–H and O–H groups in total.